The van der Waals surface area contributed by atoms with Crippen LogP contribution in [0.15, 0.2) is 24.3 Å². The summed E-state index contributed by atoms with van der Waals surface area (Å²) in [7, 11) is 0. The van der Waals surface area contributed by atoms with Gasteiger partial charge in [0.2, 0.25) is 5.91 Å². The molecule has 0 radical (unpaired) electrons. The lowest BCUT2D eigenvalue weighted by Gasteiger charge is -2.29. The zero-order valence-electron chi connectivity index (χ0n) is 11.9. The maximum Gasteiger partial charge on any atom is 0.239 e. The molecule has 1 heterocycles. The van der Waals surface area contributed by atoms with Crippen LogP contribution in [0.1, 0.15) is 37.3 Å². The molecule has 4 nitrogen and oxygen atoms in total. The summed E-state index contributed by atoms with van der Waals surface area (Å²) >= 11 is 0. The maximum absolute atomic E-state index is 12.3. The Morgan fingerprint density at radius 2 is 2.15 bits per heavy atom. The highest BCUT2D eigenvalue weighted by atomic mass is 16.2. The largest absolute Gasteiger partial charge is 0.341 e. The Kier molecular flexibility index (Phi) is 5.14. The van der Waals surface area contributed by atoms with Crippen molar-refractivity contribution in [1.29, 1.82) is 5.26 Å². The molecular formula is C16H21N3O. The molecule has 1 N–H and O–H groups in total. The van der Waals surface area contributed by atoms with E-state index in [4.69, 9.17) is 5.26 Å². The molecule has 1 atom stereocenters. The molecule has 1 saturated heterocycles. The van der Waals surface area contributed by atoms with Gasteiger partial charge in [-0.3, -0.25) is 4.79 Å². The highest BCUT2D eigenvalue weighted by molar-refractivity contribution is 5.81. The van der Waals surface area contributed by atoms with Gasteiger partial charge in [0.1, 0.15) is 0 Å². The molecule has 1 aliphatic rings. The topological polar surface area (TPSA) is 56.1 Å². The van der Waals surface area contributed by atoms with Gasteiger partial charge in [0.25, 0.3) is 0 Å². The van der Waals surface area contributed by atoms with Gasteiger partial charge in [-0.2, -0.15) is 5.26 Å². The van der Waals surface area contributed by atoms with Crippen molar-refractivity contribution in [3.8, 4) is 6.07 Å². The predicted molar refractivity (Wildman–Crippen MR) is 77.9 cm³/mol. The number of amides is 1. The van der Waals surface area contributed by atoms with Gasteiger partial charge < -0.3 is 10.2 Å². The van der Waals surface area contributed by atoms with Crippen molar-refractivity contribution < 1.29 is 4.79 Å². The van der Waals surface area contributed by atoms with Gasteiger partial charge >= 0.3 is 0 Å². The van der Waals surface area contributed by atoms with Crippen LogP contribution in [0.4, 0.5) is 0 Å². The van der Waals surface area contributed by atoms with Crippen LogP contribution < -0.4 is 5.32 Å². The molecule has 1 amide bonds. The zero-order valence-corrected chi connectivity index (χ0v) is 11.9. The first-order valence-corrected chi connectivity index (χ1v) is 7.22. The van der Waals surface area contributed by atoms with Gasteiger partial charge in [-0.05, 0) is 43.9 Å². The van der Waals surface area contributed by atoms with E-state index in [2.05, 4.69) is 11.4 Å². The van der Waals surface area contributed by atoms with E-state index < -0.39 is 0 Å². The second kappa shape index (κ2) is 7.06. The molecule has 1 aromatic carbocycles. The SMILES string of the molecule is CC(NCc1cccc(C#N)c1)C(=O)N1CCCCC1. The molecule has 2 rings (SSSR count). The van der Waals surface area contributed by atoms with Gasteiger partial charge in [-0.1, -0.05) is 12.1 Å². The Bertz CT molecular complexity index is 501. The summed E-state index contributed by atoms with van der Waals surface area (Å²) in [5.74, 6) is 0.182. The van der Waals surface area contributed by atoms with E-state index in [0.29, 0.717) is 12.1 Å². The molecule has 1 aliphatic heterocycles. The summed E-state index contributed by atoms with van der Waals surface area (Å²) in [4.78, 5) is 14.2. The minimum atomic E-state index is -0.182. The van der Waals surface area contributed by atoms with Crippen molar-refractivity contribution in [2.24, 2.45) is 0 Å². The third kappa shape index (κ3) is 3.82. The van der Waals surface area contributed by atoms with Crippen LogP contribution in [-0.2, 0) is 11.3 Å². The van der Waals surface area contributed by atoms with Crippen molar-refractivity contribution in [1.82, 2.24) is 10.2 Å². The molecule has 106 valence electrons. The minimum absolute atomic E-state index is 0.182. The third-order valence-corrected chi connectivity index (χ3v) is 3.71. The molecule has 4 heteroatoms. The number of nitrogens with zero attached hydrogens (tertiary/aromatic N) is 2. The number of carbonyl (C=O) groups is 1. The summed E-state index contributed by atoms with van der Waals surface area (Å²) < 4.78 is 0. The van der Waals surface area contributed by atoms with E-state index >= 15 is 0 Å². The molecule has 0 saturated carbocycles. The molecule has 1 aromatic rings. The fourth-order valence-electron chi connectivity index (χ4n) is 2.50. The van der Waals surface area contributed by atoms with Crippen LogP contribution in [0.25, 0.3) is 0 Å². The van der Waals surface area contributed by atoms with Crippen LogP contribution in [0.2, 0.25) is 0 Å². The van der Waals surface area contributed by atoms with E-state index in [-0.39, 0.29) is 11.9 Å². The van der Waals surface area contributed by atoms with Crippen molar-refractivity contribution in [2.45, 2.75) is 38.8 Å². The smallest absolute Gasteiger partial charge is 0.239 e. The standard InChI is InChI=1S/C16H21N3O/c1-13(16(20)19-8-3-2-4-9-19)18-12-15-7-5-6-14(10-15)11-17/h5-7,10,13,18H,2-4,8-9,12H2,1H3. The Balaban J connectivity index is 1.86. The Morgan fingerprint density at radius 3 is 2.85 bits per heavy atom. The number of carbonyl (C=O) groups excluding carboxylic acids is 1. The monoisotopic (exact) mass is 271 g/mol. The number of nitrogens with one attached hydrogen (secondary N) is 1. The Hall–Kier alpha value is -1.86. The average Bonchev–Trinajstić information content (AvgIpc) is 2.53. The molecule has 0 aliphatic carbocycles. The van der Waals surface area contributed by atoms with Gasteiger partial charge in [-0.25, -0.2) is 0 Å². The number of hydrogen-bond acceptors (Lipinski definition) is 3. The highest BCUT2D eigenvalue weighted by Gasteiger charge is 2.21. The number of hydrogen-bond donors (Lipinski definition) is 1. The number of rotatable bonds is 4. The van der Waals surface area contributed by atoms with Crippen molar-refractivity contribution >= 4 is 5.91 Å². The van der Waals surface area contributed by atoms with E-state index in [9.17, 15) is 4.79 Å². The van der Waals surface area contributed by atoms with E-state index in [1.54, 1.807) is 6.07 Å². The predicted octanol–water partition coefficient (Wildman–Crippen LogP) is 2.05. The number of benzene rings is 1. The summed E-state index contributed by atoms with van der Waals surface area (Å²) in [6, 6.07) is 9.41. The molecule has 0 spiro atoms. The van der Waals surface area contributed by atoms with E-state index in [1.165, 1.54) is 6.42 Å². The number of likely N-dealkylation sites (tertiary alicyclic amines) is 1. The number of nitriles is 1. The maximum atomic E-state index is 12.3. The Morgan fingerprint density at radius 1 is 1.40 bits per heavy atom. The van der Waals surface area contributed by atoms with Crippen molar-refractivity contribution in [3.05, 3.63) is 35.4 Å². The lowest BCUT2D eigenvalue weighted by Crippen LogP contribution is -2.46. The van der Waals surface area contributed by atoms with Gasteiger partial charge in [0, 0.05) is 19.6 Å². The molecular weight excluding hydrogens is 250 g/mol. The molecule has 0 aromatic heterocycles. The van der Waals surface area contributed by atoms with Crippen LogP contribution >= 0.6 is 0 Å². The van der Waals surface area contributed by atoms with E-state index in [1.807, 2.05) is 30.0 Å². The van der Waals surface area contributed by atoms with Crippen molar-refractivity contribution in [2.75, 3.05) is 13.1 Å². The molecule has 0 bridgehead atoms. The summed E-state index contributed by atoms with van der Waals surface area (Å²) in [6.45, 7) is 4.28. The van der Waals surface area contributed by atoms with E-state index in [0.717, 1.165) is 31.5 Å². The van der Waals surface area contributed by atoms with Crippen LogP contribution in [0.3, 0.4) is 0 Å². The molecule has 20 heavy (non-hydrogen) atoms. The third-order valence-electron chi connectivity index (χ3n) is 3.71. The second-order valence-electron chi connectivity index (χ2n) is 5.30. The zero-order chi connectivity index (χ0) is 14.4. The summed E-state index contributed by atoms with van der Waals surface area (Å²) in [5.41, 5.74) is 1.68. The van der Waals surface area contributed by atoms with Crippen LogP contribution in [0.5, 0.6) is 0 Å². The first kappa shape index (κ1) is 14.5. The van der Waals surface area contributed by atoms with Gasteiger partial charge in [0.15, 0.2) is 0 Å². The lowest BCUT2D eigenvalue weighted by atomic mass is 10.1. The Labute approximate surface area is 120 Å². The van der Waals surface area contributed by atoms with Crippen LogP contribution in [-0.4, -0.2) is 29.9 Å². The van der Waals surface area contributed by atoms with Gasteiger partial charge in [0.05, 0.1) is 17.7 Å². The normalized spacial score (nSPS) is 16.5. The quantitative estimate of drug-likeness (QED) is 0.912. The van der Waals surface area contributed by atoms with Gasteiger partial charge in [-0.15, -0.1) is 0 Å². The first-order chi connectivity index (χ1) is 9.70. The fourth-order valence-corrected chi connectivity index (χ4v) is 2.50. The highest BCUT2D eigenvalue weighted by Crippen LogP contribution is 2.10. The van der Waals surface area contributed by atoms with Crippen LogP contribution in [0, 0.1) is 11.3 Å². The minimum Gasteiger partial charge on any atom is -0.341 e. The summed E-state index contributed by atoms with van der Waals surface area (Å²) in [6.07, 6.45) is 3.46. The second-order valence-corrected chi connectivity index (χ2v) is 5.30. The lowest BCUT2D eigenvalue weighted by molar-refractivity contribution is -0.133. The fraction of sp³-hybridized carbons (Fsp3) is 0.500. The molecule has 1 unspecified atom stereocenters. The number of piperidine rings is 1. The average molecular weight is 271 g/mol. The first-order valence-electron chi connectivity index (χ1n) is 7.22. The molecule has 1 fully saturated rings. The summed E-state index contributed by atoms with van der Waals surface area (Å²) in [5, 5.41) is 12.1. The van der Waals surface area contributed by atoms with Crippen molar-refractivity contribution in [3.63, 3.8) is 0 Å².